The summed E-state index contributed by atoms with van der Waals surface area (Å²) < 4.78 is 0.957. The predicted octanol–water partition coefficient (Wildman–Crippen LogP) is 2.42. The molecule has 0 aromatic rings. The average Bonchev–Trinajstić information content (AvgIpc) is 1.69. The minimum atomic E-state index is 0.0417. The second-order valence-corrected chi connectivity index (χ2v) is 8.94. The summed E-state index contributed by atoms with van der Waals surface area (Å²) in [6, 6.07) is 0. The van der Waals surface area contributed by atoms with Gasteiger partial charge < -0.3 is 0 Å². The molecule has 0 fully saturated rings. The summed E-state index contributed by atoms with van der Waals surface area (Å²) in [6.45, 7) is 6.56. The van der Waals surface area contributed by atoms with E-state index in [1.807, 2.05) is 0 Å². The Bertz CT molecular complexity index is 33.6. The number of halogens is 1. The summed E-state index contributed by atoms with van der Waals surface area (Å²) >= 11 is 6.32. The van der Waals surface area contributed by atoms with Gasteiger partial charge in [0, 0.05) is 0 Å². The fraction of sp³-hybridized carbons (Fsp3) is 1.00. The molecular formula is C5H12BrGaSe. The molecule has 0 nitrogen and oxygen atoms in total. The Balaban J connectivity index is 0. The van der Waals surface area contributed by atoms with Gasteiger partial charge >= 0.3 is 75.6 Å². The van der Waals surface area contributed by atoms with Crippen molar-refractivity contribution in [1.82, 2.24) is 0 Å². The van der Waals surface area contributed by atoms with Gasteiger partial charge in [-0.1, -0.05) is 0 Å². The van der Waals surface area contributed by atoms with E-state index in [-0.39, 0.29) is 15.4 Å². The maximum absolute atomic E-state index is 3.47. The number of rotatable bonds is 1. The van der Waals surface area contributed by atoms with E-state index in [1.165, 1.54) is 0 Å². The molecule has 0 N–H and O–H groups in total. The first-order chi connectivity index (χ1) is 3.68. The second kappa shape index (κ2) is 11.4. The fourth-order valence-electron chi connectivity index (χ4n) is 0. The molecule has 2 radical (unpaired) electrons. The summed E-state index contributed by atoms with van der Waals surface area (Å²) in [4.78, 5) is 0. The van der Waals surface area contributed by atoms with E-state index in [2.05, 4.69) is 50.3 Å². The SMILES string of the molecule is CC[Se].C[CH](C)[Ga][Br]. The van der Waals surface area contributed by atoms with Crippen LogP contribution in [-0.2, 0) is 0 Å². The van der Waals surface area contributed by atoms with Gasteiger partial charge in [-0.25, -0.2) is 0 Å². The van der Waals surface area contributed by atoms with Crippen molar-refractivity contribution in [2.75, 3.05) is 0 Å². The molecule has 0 spiro atoms. The Morgan fingerprint density at radius 2 is 1.75 bits per heavy atom. The summed E-state index contributed by atoms with van der Waals surface area (Å²) in [5.74, 6) is 0. The third kappa shape index (κ3) is 25.4. The van der Waals surface area contributed by atoms with Gasteiger partial charge in [-0.2, -0.15) is 0 Å². The Morgan fingerprint density at radius 3 is 1.75 bits per heavy atom. The first-order valence-electron chi connectivity index (χ1n) is 2.70. The van der Waals surface area contributed by atoms with Crippen LogP contribution >= 0.6 is 13.6 Å². The summed E-state index contributed by atoms with van der Waals surface area (Å²) in [5, 5.41) is 1.12. The van der Waals surface area contributed by atoms with E-state index in [0.29, 0.717) is 0 Å². The molecule has 48 valence electrons. The van der Waals surface area contributed by atoms with E-state index in [4.69, 9.17) is 0 Å². The van der Waals surface area contributed by atoms with Crippen LogP contribution in [0.25, 0.3) is 0 Å². The van der Waals surface area contributed by atoms with Crippen molar-refractivity contribution in [3.8, 4) is 0 Å². The van der Waals surface area contributed by atoms with Crippen LogP contribution in [0.1, 0.15) is 20.8 Å². The van der Waals surface area contributed by atoms with Gasteiger partial charge in [-0.15, -0.1) is 0 Å². The van der Waals surface area contributed by atoms with Gasteiger partial charge in [0.2, 0.25) is 0 Å². The fourth-order valence-corrected chi connectivity index (χ4v) is 0. The zero-order valence-electron chi connectivity index (χ0n) is 5.65. The summed E-state index contributed by atoms with van der Waals surface area (Å²) in [6.07, 6.45) is 0. The molecule has 0 aliphatic heterocycles. The Labute approximate surface area is 75.1 Å². The van der Waals surface area contributed by atoms with Crippen molar-refractivity contribution in [2.24, 2.45) is 0 Å². The molecule has 0 unspecified atom stereocenters. The molecule has 0 bridgehead atoms. The quantitative estimate of drug-likeness (QED) is 0.653. The Kier molecular flexibility index (Phi) is 17.6. The van der Waals surface area contributed by atoms with E-state index < -0.39 is 0 Å². The van der Waals surface area contributed by atoms with Crippen LogP contribution < -0.4 is 0 Å². The topological polar surface area (TPSA) is 0 Å². The van der Waals surface area contributed by atoms with Crippen LogP contribution in [0.2, 0.25) is 9.79 Å². The number of hydrogen-bond donors (Lipinski definition) is 0. The van der Waals surface area contributed by atoms with Gasteiger partial charge in [0.25, 0.3) is 0 Å². The van der Waals surface area contributed by atoms with Crippen LogP contribution in [-0.4, -0.2) is 31.4 Å². The molecule has 0 aromatic carbocycles. The maximum atomic E-state index is 3.47. The molecule has 0 saturated carbocycles. The van der Waals surface area contributed by atoms with Gasteiger partial charge in [-0.3, -0.25) is 0 Å². The van der Waals surface area contributed by atoms with Crippen molar-refractivity contribution in [2.45, 2.75) is 30.6 Å². The molecule has 8 heavy (non-hydrogen) atoms. The van der Waals surface area contributed by atoms with E-state index in [9.17, 15) is 0 Å². The molecular weight excluding hydrogens is 289 g/mol. The van der Waals surface area contributed by atoms with Crippen LogP contribution in [0, 0.1) is 0 Å². The standard InChI is InChI=1S/C3H7.C2H5Se.BrH.Ga/c1-3-2;1-2-3;;/h3H,1-2H3;2H2,1H3;1H;/q;;;+1/p-1. The molecule has 0 saturated heterocycles. The van der Waals surface area contributed by atoms with Crippen molar-refractivity contribution < 1.29 is 0 Å². The van der Waals surface area contributed by atoms with Crippen LogP contribution in [0.5, 0.6) is 0 Å². The second-order valence-electron chi connectivity index (χ2n) is 1.66. The third-order valence-electron chi connectivity index (χ3n) is 0.252. The van der Waals surface area contributed by atoms with E-state index in [0.717, 1.165) is 9.79 Å². The monoisotopic (exact) mass is 300 g/mol. The number of hydrogen-bond acceptors (Lipinski definition) is 0. The summed E-state index contributed by atoms with van der Waals surface area (Å²) in [7, 11) is 0. The molecule has 0 aromatic heterocycles. The molecule has 0 aliphatic carbocycles. The Hall–Kier alpha value is 1.64. The molecule has 0 amide bonds. The first kappa shape index (κ1) is 12.3. The molecule has 3 heteroatoms. The van der Waals surface area contributed by atoms with Gasteiger partial charge in [-0.05, 0) is 0 Å². The predicted molar refractivity (Wildman–Crippen MR) is 46.0 cm³/mol. The summed E-state index contributed by atoms with van der Waals surface area (Å²) in [5.41, 5.74) is 0. The average molecular weight is 301 g/mol. The van der Waals surface area contributed by atoms with Crippen LogP contribution in [0.4, 0.5) is 0 Å². The molecule has 0 aliphatic rings. The van der Waals surface area contributed by atoms with Crippen molar-refractivity contribution in [1.29, 1.82) is 0 Å². The van der Waals surface area contributed by atoms with Crippen molar-refractivity contribution >= 4 is 45.0 Å². The zero-order valence-corrected chi connectivity index (χ0v) is 11.4. The van der Waals surface area contributed by atoms with Gasteiger partial charge in [0.05, 0.1) is 0 Å². The molecule has 0 atom stereocenters. The minimum absolute atomic E-state index is 0.0417. The van der Waals surface area contributed by atoms with Crippen molar-refractivity contribution in [3.63, 3.8) is 0 Å². The van der Waals surface area contributed by atoms with E-state index >= 15 is 0 Å². The normalized spacial score (nSPS) is 7.75. The Morgan fingerprint density at radius 1 is 1.62 bits per heavy atom. The van der Waals surface area contributed by atoms with Crippen LogP contribution in [0.15, 0.2) is 0 Å². The zero-order chi connectivity index (χ0) is 6.99. The van der Waals surface area contributed by atoms with Gasteiger partial charge in [0.1, 0.15) is 0 Å². The van der Waals surface area contributed by atoms with Crippen LogP contribution in [0.3, 0.4) is 0 Å². The molecule has 0 heterocycles. The molecule has 0 rings (SSSR count). The van der Waals surface area contributed by atoms with E-state index in [1.54, 1.807) is 0 Å². The first-order valence-corrected chi connectivity index (χ1v) is 11.0. The third-order valence-corrected chi connectivity index (χ3v) is 6.80. The van der Waals surface area contributed by atoms with Crippen molar-refractivity contribution in [3.05, 3.63) is 0 Å². The van der Waals surface area contributed by atoms with Gasteiger partial charge in [0.15, 0.2) is 0 Å².